The van der Waals surface area contributed by atoms with Crippen LogP contribution in [0.5, 0.6) is 0 Å². The number of halogens is 1. The molecule has 1 saturated carbocycles. The van der Waals surface area contributed by atoms with Crippen LogP contribution in [-0.4, -0.2) is 81.5 Å². The van der Waals surface area contributed by atoms with Crippen LogP contribution >= 0.6 is 0 Å². The number of alkyl carbamates (subject to hydrolysis) is 1. The Kier molecular flexibility index (Phi) is 7.08. The molecule has 3 amide bonds. The summed E-state index contributed by atoms with van der Waals surface area (Å²) in [6.07, 6.45) is 1.47. The molecular formula is C29H38FN5O4. The number of ether oxygens (including phenoxy) is 1. The number of benzene rings is 1. The van der Waals surface area contributed by atoms with E-state index in [-0.39, 0.29) is 48.2 Å². The molecule has 10 heteroatoms. The zero-order valence-corrected chi connectivity index (χ0v) is 23.3. The van der Waals surface area contributed by atoms with Crippen LogP contribution in [-0.2, 0) is 14.3 Å². The van der Waals surface area contributed by atoms with E-state index in [4.69, 9.17) is 4.74 Å². The normalized spacial score (nSPS) is 29.3. The maximum Gasteiger partial charge on any atom is 0.408 e. The van der Waals surface area contributed by atoms with Crippen molar-refractivity contribution in [3.8, 4) is 6.07 Å². The summed E-state index contributed by atoms with van der Waals surface area (Å²) < 4.78 is 19.0. The van der Waals surface area contributed by atoms with Crippen molar-refractivity contribution in [1.29, 1.82) is 5.26 Å². The third kappa shape index (κ3) is 5.33. The Labute approximate surface area is 229 Å². The number of nitrogens with one attached hydrogen (secondary N) is 1. The second kappa shape index (κ2) is 10.1. The maximum absolute atomic E-state index is 13.8. The monoisotopic (exact) mass is 539 g/mol. The molecule has 4 aliphatic rings. The summed E-state index contributed by atoms with van der Waals surface area (Å²) in [6, 6.07) is 6.53. The largest absolute Gasteiger partial charge is 0.444 e. The van der Waals surface area contributed by atoms with Gasteiger partial charge in [0.15, 0.2) is 0 Å². The molecule has 0 aromatic heterocycles. The highest BCUT2D eigenvalue weighted by atomic mass is 19.1. The number of amides is 3. The van der Waals surface area contributed by atoms with Crippen molar-refractivity contribution in [2.45, 2.75) is 95.7 Å². The van der Waals surface area contributed by atoms with E-state index >= 15 is 0 Å². The number of rotatable bonds is 7. The molecule has 0 spiro atoms. The van der Waals surface area contributed by atoms with Crippen LogP contribution in [0.2, 0.25) is 0 Å². The van der Waals surface area contributed by atoms with E-state index in [2.05, 4.69) is 25.2 Å². The molecule has 210 valence electrons. The third-order valence-corrected chi connectivity index (χ3v) is 8.37. The number of nitriles is 1. The average molecular weight is 540 g/mol. The minimum atomic E-state index is -0.936. The number of piperazine rings is 1. The summed E-state index contributed by atoms with van der Waals surface area (Å²) in [6.45, 7) is 10.1. The Hall–Kier alpha value is -3.19. The molecule has 3 aliphatic heterocycles. The molecule has 3 heterocycles. The van der Waals surface area contributed by atoms with Crippen LogP contribution in [0.15, 0.2) is 24.3 Å². The van der Waals surface area contributed by atoms with Crippen molar-refractivity contribution in [1.82, 2.24) is 20.0 Å². The number of carbonyl (C=O) groups excluding carboxylic acids is 3. The quantitative estimate of drug-likeness (QED) is 0.571. The Morgan fingerprint density at radius 1 is 1.18 bits per heavy atom. The first kappa shape index (κ1) is 27.4. The Morgan fingerprint density at radius 3 is 2.46 bits per heavy atom. The number of hydrogen-bond acceptors (Lipinski definition) is 6. The average Bonchev–Trinajstić information content (AvgIpc) is 3.17. The molecule has 7 atom stereocenters. The van der Waals surface area contributed by atoms with E-state index in [1.807, 2.05) is 9.80 Å². The lowest BCUT2D eigenvalue weighted by Gasteiger charge is -2.41. The van der Waals surface area contributed by atoms with Gasteiger partial charge < -0.3 is 19.9 Å². The highest BCUT2D eigenvalue weighted by molar-refractivity contribution is 5.89. The Balaban J connectivity index is 1.33. The number of fused-ring (bicyclic) bond motifs is 3. The maximum atomic E-state index is 13.8. The van der Waals surface area contributed by atoms with Gasteiger partial charge >= 0.3 is 6.09 Å². The van der Waals surface area contributed by atoms with E-state index in [0.29, 0.717) is 25.3 Å². The minimum absolute atomic E-state index is 0.0175. The third-order valence-electron chi connectivity index (χ3n) is 8.37. The summed E-state index contributed by atoms with van der Waals surface area (Å²) >= 11 is 0. The zero-order valence-electron chi connectivity index (χ0n) is 23.3. The molecule has 39 heavy (non-hydrogen) atoms. The van der Waals surface area contributed by atoms with Crippen LogP contribution in [0.4, 0.5) is 9.18 Å². The molecule has 5 rings (SSSR count). The van der Waals surface area contributed by atoms with Gasteiger partial charge in [-0.05, 0) is 69.6 Å². The van der Waals surface area contributed by atoms with Crippen LogP contribution in [0.1, 0.15) is 65.5 Å². The van der Waals surface area contributed by atoms with Crippen LogP contribution < -0.4 is 5.32 Å². The SMILES string of the molecule is CC(C)C(c1ccc(F)cc1)N1C(=O)C2C[C@H]1CN2CC(NC(=O)OC(C)(C)C)C(=O)N1C(C#N)C[C@@H]2C[C@@H]21. The van der Waals surface area contributed by atoms with Crippen LogP contribution in [0.25, 0.3) is 0 Å². The van der Waals surface area contributed by atoms with Gasteiger partial charge in [0, 0.05) is 25.2 Å². The van der Waals surface area contributed by atoms with E-state index in [1.165, 1.54) is 12.1 Å². The summed E-state index contributed by atoms with van der Waals surface area (Å²) in [5, 5.41) is 12.4. The standard InChI is InChI=1S/C29H38FN5O4/c1-16(2)25(17-6-8-19(30)9-7-17)35-21-12-24(27(35)37)33(14-21)15-22(32-28(38)39-29(3,4)5)26(36)34-20(13-31)10-18-11-23(18)34/h6-9,16,18,20-25H,10-12,14-15H2,1-5H3,(H,32,38)/t18-,20?,21+,22?,23+,24?,25?/m1/s1. The molecule has 4 fully saturated rings. The summed E-state index contributed by atoms with van der Waals surface area (Å²) in [4.78, 5) is 45.7. The van der Waals surface area contributed by atoms with Crippen molar-refractivity contribution < 1.29 is 23.5 Å². The van der Waals surface area contributed by atoms with Gasteiger partial charge in [0.25, 0.3) is 0 Å². The molecule has 3 saturated heterocycles. The smallest absolute Gasteiger partial charge is 0.408 e. The van der Waals surface area contributed by atoms with E-state index in [0.717, 1.165) is 12.0 Å². The van der Waals surface area contributed by atoms with Gasteiger partial charge in [-0.25, -0.2) is 9.18 Å². The lowest BCUT2D eigenvalue weighted by Crippen LogP contribution is -2.59. The van der Waals surface area contributed by atoms with Crippen molar-refractivity contribution in [3.05, 3.63) is 35.6 Å². The minimum Gasteiger partial charge on any atom is -0.444 e. The van der Waals surface area contributed by atoms with E-state index in [1.54, 1.807) is 37.8 Å². The summed E-state index contributed by atoms with van der Waals surface area (Å²) in [5.41, 5.74) is 0.159. The van der Waals surface area contributed by atoms with Gasteiger partial charge in [0.2, 0.25) is 11.8 Å². The molecule has 1 aromatic carbocycles. The lowest BCUT2D eigenvalue weighted by atomic mass is 9.93. The van der Waals surface area contributed by atoms with Crippen molar-refractivity contribution in [3.63, 3.8) is 0 Å². The molecule has 1 N–H and O–H groups in total. The molecule has 1 aromatic rings. The van der Waals surface area contributed by atoms with Crippen molar-refractivity contribution >= 4 is 17.9 Å². The predicted molar refractivity (Wildman–Crippen MR) is 141 cm³/mol. The number of likely N-dealkylation sites (tertiary alicyclic amines) is 3. The van der Waals surface area contributed by atoms with Gasteiger partial charge in [0.05, 0.1) is 18.2 Å². The van der Waals surface area contributed by atoms with Gasteiger partial charge in [-0.1, -0.05) is 26.0 Å². The van der Waals surface area contributed by atoms with Gasteiger partial charge in [-0.3, -0.25) is 14.5 Å². The fourth-order valence-electron chi connectivity index (χ4n) is 6.72. The first-order valence-corrected chi connectivity index (χ1v) is 13.9. The summed E-state index contributed by atoms with van der Waals surface area (Å²) in [5.74, 6) is -0.158. The summed E-state index contributed by atoms with van der Waals surface area (Å²) in [7, 11) is 0. The number of hydrogen-bond donors (Lipinski definition) is 1. The van der Waals surface area contributed by atoms with Gasteiger partial charge in [-0.2, -0.15) is 5.26 Å². The van der Waals surface area contributed by atoms with E-state index in [9.17, 15) is 24.0 Å². The van der Waals surface area contributed by atoms with Crippen LogP contribution in [0.3, 0.4) is 0 Å². The number of carbonyl (C=O) groups is 3. The van der Waals surface area contributed by atoms with Crippen molar-refractivity contribution in [2.24, 2.45) is 11.8 Å². The second-order valence-electron chi connectivity index (χ2n) is 12.7. The number of piperidine rings is 1. The highest BCUT2D eigenvalue weighted by Crippen LogP contribution is 2.48. The molecule has 0 radical (unpaired) electrons. The van der Waals surface area contributed by atoms with E-state index < -0.39 is 29.8 Å². The Bertz CT molecular complexity index is 1180. The fourth-order valence-corrected chi connectivity index (χ4v) is 6.72. The fraction of sp³-hybridized carbons (Fsp3) is 0.655. The molecule has 9 nitrogen and oxygen atoms in total. The topological polar surface area (TPSA) is 106 Å². The molecule has 1 aliphatic carbocycles. The number of nitrogens with zero attached hydrogens (tertiary/aromatic N) is 4. The lowest BCUT2D eigenvalue weighted by molar-refractivity contribution is -0.142. The van der Waals surface area contributed by atoms with Crippen LogP contribution in [0, 0.1) is 29.0 Å². The Morgan fingerprint density at radius 2 is 1.87 bits per heavy atom. The predicted octanol–water partition coefficient (Wildman–Crippen LogP) is 3.21. The second-order valence-corrected chi connectivity index (χ2v) is 12.7. The molecule has 4 unspecified atom stereocenters. The van der Waals surface area contributed by atoms with Crippen molar-refractivity contribution in [2.75, 3.05) is 13.1 Å². The van der Waals surface area contributed by atoms with Gasteiger partial charge in [0.1, 0.15) is 23.5 Å². The zero-order chi connectivity index (χ0) is 28.2. The molecule has 2 bridgehead atoms. The molecular weight excluding hydrogens is 501 g/mol. The van der Waals surface area contributed by atoms with Gasteiger partial charge in [-0.15, -0.1) is 0 Å². The highest BCUT2D eigenvalue weighted by Gasteiger charge is 2.57. The first-order chi connectivity index (χ1) is 18.4. The first-order valence-electron chi connectivity index (χ1n) is 13.9.